The number of aromatic carboxylic acids is 1. The van der Waals surface area contributed by atoms with Gasteiger partial charge in [0.25, 0.3) is 0 Å². The summed E-state index contributed by atoms with van der Waals surface area (Å²) >= 11 is 0. The van der Waals surface area contributed by atoms with Crippen molar-refractivity contribution >= 4 is 17.4 Å². The molecule has 4 rings (SSSR count). The first-order valence-corrected chi connectivity index (χ1v) is 9.22. The molecule has 3 aromatic rings. The minimum absolute atomic E-state index is 0.0174. The lowest BCUT2D eigenvalue weighted by Crippen LogP contribution is -2.51. The molecule has 10 nitrogen and oxygen atoms in total. The van der Waals surface area contributed by atoms with E-state index in [0.717, 1.165) is 0 Å². The van der Waals surface area contributed by atoms with Gasteiger partial charge in [0.15, 0.2) is 22.7 Å². The second-order valence-electron chi connectivity index (χ2n) is 7.35. The highest BCUT2D eigenvalue weighted by atomic mass is 19.1. The predicted octanol–water partition coefficient (Wildman–Crippen LogP) is 1.73. The average Bonchev–Trinajstić information content (AvgIpc) is 3.11. The number of nitrogens with zero attached hydrogens (tertiary/aromatic N) is 3. The van der Waals surface area contributed by atoms with Gasteiger partial charge in [-0.15, -0.1) is 0 Å². The normalized spacial score (nSPS) is 18.9. The molecular weight excluding hydrogens is 395 g/mol. The van der Waals surface area contributed by atoms with E-state index in [4.69, 9.17) is 15.3 Å². The summed E-state index contributed by atoms with van der Waals surface area (Å²) in [4.78, 5) is 15.7. The maximum absolute atomic E-state index is 14.2. The summed E-state index contributed by atoms with van der Waals surface area (Å²) in [6, 6.07) is 3.85. The first-order valence-electron chi connectivity index (χ1n) is 9.22. The lowest BCUT2D eigenvalue weighted by atomic mass is 10.0. The Balaban J connectivity index is 1.66. The number of hydrazine groups is 1. The Kier molecular flexibility index (Phi) is 4.92. The quantitative estimate of drug-likeness (QED) is 0.350. The molecule has 1 aliphatic rings. The molecule has 1 unspecified atom stereocenters. The predicted molar refractivity (Wildman–Crippen MR) is 105 cm³/mol. The molecule has 0 aliphatic carbocycles. The van der Waals surface area contributed by atoms with Crippen molar-refractivity contribution in [1.29, 1.82) is 0 Å². The van der Waals surface area contributed by atoms with Crippen LogP contribution in [0.15, 0.2) is 30.6 Å². The van der Waals surface area contributed by atoms with Crippen LogP contribution in [0, 0.1) is 5.82 Å². The second-order valence-corrected chi connectivity index (χ2v) is 7.35. The van der Waals surface area contributed by atoms with Crippen LogP contribution in [0.2, 0.25) is 0 Å². The molecule has 11 heteroatoms. The summed E-state index contributed by atoms with van der Waals surface area (Å²) in [6.07, 6.45) is 2.83. The van der Waals surface area contributed by atoms with E-state index in [0.29, 0.717) is 29.4 Å². The number of anilines is 1. The van der Waals surface area contributed by atoms with Crippen LogP contribution in [0.5, 0.6) is 11.5 Å². The topological polar surface area (TPSA) is 136 Å². The van der Waals surface area contributed by atoms with Crippen molar-refractivity contribution in [2.75, 3.05) is 18.5 Å². The van der Waals surface area contributed by atoms with Crippen molar-refractivity contribution in [3.63, 3.8) is 0 Å². The summed E-state index contributed by atoms with van der Waals surface area (Å²) in [5.74, 6) is 4.98. The van der Waals surface area contributed by atoms with Gasteiger partial charge in [-0.3, -0.25) is 11.3 Å². The van der Waals surface area contributed by atoms with Crippen LogP contribution in [0.3, 0.4) is 0 Å². The number of nitrogens with two attached hydrogens (primary N) is 1. The van der Waals surface area contributed by atoms with Gasteiger partial charge < -0.3 is 19.9 Å². The minimum atomic E-state index is -1.12. The molecule has 158 valence electrons. The molecular formula is C19H21FN6O4. The highest BCUT2D eigenvalue weighted by Gasteiger charge is 2.35. The summed E-state index contributed by atoms with van der Waals surface area (Å²) in [6.45, 7) is 4.20. The Morgan fingerprint density at radius 3 is 3.03 bits per heavy atom. The third-order valence-electron chi connectivity index (χ3n) is 4.84. The maximum atomic E-state index is 14.2. The lowest BCUT2D eigenvalue weighted by molar-refractivity contribution is 0.00557. The molecule has 2 aromatic heterocycles. The summed E-state index contributed by atoms with van der Waals surface area (Å²) < 4.78 is 27.4. The van der Waals surface area contributed by atoms with Crippen LogP contribution >= 0.6 is 0 Å². The fourth-order valence-electron chi connectivity index (χ4n) is 3.34. The van der Waals surface area contributed by atoms with Gasteiger partial charge in [0, 0.05) is 17.8 Å². The number of benzene rings is 1. The SMILES string of the molecule is C[C@@H](Nc1ccn2ncc(C(=O)O)c2n1)c1cc(F)cc2c1OC(C)(CNN)CO2. The Bertz CT molecular complexity index is 1120. The fourth-order valence-corrected chi connectivity index (χ4v) is 3.34. The van der Waals surface area contributed by atoms with E-state index in [1.165, 1.54) is 22.8 Å². The van der Waals surface area contributed by atoms with Crippen LogP contribution in [0.1, 0.15) is 35.8 Å². The largest absolute Gasteiger partial charge is 0.485 e. The molecule has 1 aliphatic heterocycles. The number of hydrogen-bond acceptors (Lipinski definition) is 8. The van der Waals surface area contributed by atoms with Gasteiger partial charge in [-0.1, -0.05) is 0 Å². The number of carboxylic acid groups (broad SMARTS) is 1. The van der Waals surface area contributed by atoms with E-state index < -0.39 is 23.4 Å². The molecule has 2 atom stereocenters. The highest BCUT2D eigenvalue weighted by molar-refractivity contribution is 5.94. The molecule has 0 bridgehead atoms. The van der Waals surface area contributed by atoms with Crippen molar-refractivity contribution in [2.24, 2.45) is 5.84 Å². The highest BCUT2D eigenvalue weighted by Crippen LogP contribution is 2.42. The number of ether oxygens (including phenoxy) is 2. The molecule has 0 amide bonds. The minimum Gasteiger partial charge on any atom is -0.485 e. The number of nitrogens with one attached hydrogen (secondary N) is 2. The zero-order chi connectivity index (χ0) is 21.5. The van der Waals surface area contributed by atoms with Gasteiger partial charge in [-0.2, -0.15) is 5.10 Å². The third kappa shape index (κ3) is 3.60. The number of carbonyl (C=O) groups is 1. The van der Waals surface area contributed by atoms with Gasteiger partial charge in [0.1, 0.15) is 23.8 Å². The zero-order valence-electron chi connectivity index (χ0n) is 16.3. The molecule has 5 N–H and O–H groups in total. The van der Waals surface area contributed by atoms with Crippen molar-refractivity contribution < 1.29 is 23.8 Å². The second kappa shape index (κ2) is 7.43. The Labute approximate surface area is 170 Å². The van der Waals surface area contributed by atoms with Crippen LogP contribution in [0.25, 0.3) is 5.65 Å². The number of halogens is 1. The summed E-state index contributed by atoms with van der Waals surface area (Å²) in [5, 5.41) is 16.4. The van der Waals surface area contributed by atoms with Crippen LogP contribution in [-0.4, -0.2) is 44.4 Å². The van der Waals surface area contributed by atoms with E-state index in [1.807, 2.05) is 13.8 Å². The Hall–Kier alpha value is -3.44. The molecule has 3 heterocycles. The Morgan fingerprint density at radius 2 is 2.30 bits per heavy atom. The summed E-state index contributed by atoms with van der Waals surface area (Å²) in [5.41, 5.74) is 2.56. The monoisotopic (exact) mass is 416 g/mol. The Morgan fingerprint density at radius 1 is 1.50 bits per heavy atom. The molecule has 30 heavy (non-hydrogen) atoms. The van der Waals surface area contributed by atoms with Crippen LogP contribution in [-0.2, 0) is 0 Å². The van der Waals surface area contributed by atoms with Gasteiger partial charge in [0.05, 0.1) is 18.8 Å². The molecule has 0 spiro atoms. The average molecular weight is 416 g/mol. The van der Waals surface area contributed by atoms with E-state index >= 15 is 0 Å². The first kappa shape index (κ1) is 19.9. The molecule has 0 radical (unpaired) electrons. The fraction of sp³-hybridized carbons (Fsp3) is 0.316. The van der Waals surface area contributed by atoms with E-state index in [2.05, 4.69) is 20.8 Å². The number of fused-ring (bicyclic) bond motifs is 2. The van der Waals surface area contributed by atoms with E-state index in [1.54, 1.807) is 12.3 Å². The lowest BCUT2D eigenvalue weighted by Gasteiger charge is -2.37. The van der Waals surface area contributed by atoms with Crippen molar-refractivity contribution in [1.82, 2.24) is 20.0 Å². The maximum Gasteiger partial charge on any atom is 0.341 e. The van der Waals surface area contributed by atoms with Gasteiger partial charge in [-0.25, -0.2) is 18.7 Å². The van der Waals surface area contributed by atoms with Crippen molar-refractivity contribution in [3.8, 4) is 11.5 Å². The van der Waals surface area contributed by atoms with Gasteiger partial charge >= 0.3 is 5.97 Å². The summed E-state index contributed by atoms with van der Waals surface area (Å²) in [7, 11) is 0. The number of hydrogen-bond donors (Lipinski definition) is 4. The zero-order valence-corrected chi connectivity index (χ0v) is 16.3. The standard InChI is InChI=1S/C19H21FN6O4/c1-10(24-15-3-4-26-17(25-15)13(7-23-26)18(27)28)12-5-11(20)6-14-16(12)30-19(2,8-22-21)9-29-14/h3-7,10,22H,8-9,21H2,1-2H3,(H,24,25)(H,27,28)/t10-,19?/m1/s1. The van der Waals surface area contributed by atoms with Crippen LogP contribution in [0.4, 0.5) is 10.2 Å². The smallest absolute Gasteiger partial charge is 0.341 e. The number of carboxylic acids is 1. The van der Waals surface area contributed by atoms with Crippen LogP contribution < -0.4 is 26.1 Å². The van der Waals surface area contributed by atoms with Crippen molar-refractivity contribution in [2.45, 2.75) is 25.5 Å². The van der Waals surface area contributed by atoms with E-state index in [-0.39, 0.29) is 17.8 Å². The first-order chi connectivity index (χ1) is 14.3. The van der Waals surface area contributed by atoms with Crippen molar-refractivity contribution in [3.05, 3.63) is 47.5 Å². The van der Waals surface area contributed by atoms with Gasteiger partial charge in [-0.05, 0) is 26.0 Å². The molecule has 0 fully saturated rings. The van der Waals surface area contributed by atoms with E-state index in [9.17, 15) is 14.3 Å². The molecule has 1 aromatic carbocycles. The van der Waals surface area contributed by atoms with Gasteiger partial charge in [0.2, 0.25) is 0 Å². The number of rotatable bonds is 6. The number of aromatic nitrogens is 3. The molecule has 0 saturated heterocycles. The third-order valence-corrected chi connectivity index (χ3v) is 4.84. The molecule has 0 saturated carbocycles.